The highest BCUT2D eigenvalue weighted by Crippen LogP contribution is 2.05. The SMILES string of the molecule is CCCCNC(=O)N1CCOC(C(N)=S)C1. The van der Waals surface area contributed by atoms with Gasteiger partial charge in [0.15, 0.2) is 0 Å². The van der Waals surface area contributed by atoms with Crippen molar-refractivity contribution in [3.05, 3.63) is 0 Å². The van der Waals surface area contributed by atoms with Gasteiger partial charge in [-0.3, -0.25) is 0 Å². The molecule has 1 heterocycles. The Morgan fingerprint density at radius 1 is 1.69 bits per heavy atom. The van der Waals surface area contributed by atoms with Crippen molar-refractivity contribution in [2.75, 3.05) is 26.2 Å². The molecule has 6 heteroatoms. The fourth-order valence-corrected chi connectivity index (χ4v) is 1.63. The first-order chi connectivity index (χ1) is 7.65. The van der Waals surface area contributed by atoms with E-state index in [1.807, 2.05) is 0 Å². The maximum absolute atomic E-state index is 11.7. The monoisotopic (exact) mass is 245 g/mol. The molecule has 1 aliphatic rings. The van der Waals surface area contributed by atoms with Crippen molar-refractivity contribution >= 4 is 23.2 Å². The van der Waals surface area contributed by atoms with Crippen LogP contribution in [0.3, 0.4) is 0 Å². The van der Waals surface area contributed by atoms with Crippen LogP contribution in [0.1, 0.15) is 19.8 Å². The standard InChI is InChI=1S/C10H19N3O2S/c1-2-3-4-12-10(14)13-5-6-15-8(7-13)9(11)16/h8H,2-7H2,1H3,(H2,11,16)(H,12,14). The topological polar surface area (TPSA) is 67.6 Å². The van der Waals surface area contributed by atoms with Crippen LogP contribution in [0.25, 0.3) is 0 Å². The zero-order valence-electron chi connectivity index (χ0n) is 9.57. The summed E-state index contributed by atoms with van der Waals surface area (Å²) < 4.78 is 5.36. The van der Waals surface area contributed by atoms with Gasteiger partial charge >= 0.3 is 6.03 Å². The molecule has 1 fully saturated rings. The number of rotatable bonds is 4. The van der Waals surface area contributed by atoms with Gasteiger partial charge < -0.3 is 20.7 Å². The Labute approximate surface area is 101 Å². The van der Waals surface area contributed by atoms with Gasteiger partial charge in [-0.2, -0.15) is 0 Å². The molecule has 0 saturated carbocycles. The van der Waals surface area contributed by atoms with E-state index >= 15 is 0 Å². The molecule has 1 rings (SSSR count). The zero-order valence-corrected chi connectivity index (χ0v) is 10.4. The van der Waals surface area contributed by atoms with E-state index in [9.17, 15) is 4.79 Å². The summed E-state index contributed by atoms with van der Waals surface area (Å²) >= 11 is 4.86. The maximum Gasteiger partial charge on any atom is 0.317 e. The van der Waals surface area contributed by atoms with E-state index in [0.29, 0.717) is 31.2 Å². The summed E-state index contributed by atoms with van der Waals surface area (Å²) in [5.41, 5.74) is 5.50. The van der Waals surface area contributed by atoms with Gasteiger partial charge in [0.2, 0.25) is 0 Å². The number of amides is 2. The van der Waals surface area contributed by atoms with Crippen LogP contribution in [0.5, 0.6) is 0 Å². The summed E-state index contributed by atoms with van der Waals surface area (Å²) in [6, 6.07) is -0.0574. The second-order valence-electron chi connectivity index (χ2n) is 3.79. The smallest absolute Gasteiger partial charge is 0.317 e. The molecule has 0 bridgehead atoms. The number of urea groups is 1. The zero-order chi connectivity index (χ0) is 12.0. The van der Waals surface area contributed by atoms with E-state index in [0.717, 1.165) is 12.8 Å². The van der Waals surface area contributed by atoms with Crippen LogP contribution in [-0.2, 0) is 4.74 Å². The molecule has 1 saturated heterocycles. The summed E-state index contributed by atoms with van der Waals surface area (Å²) in [7, 11) is 0. The third-order valence-electron chi connectivity index (χ3n) is 2.48. The highest BCUT2D eigenvalue weighted by atomic mass is 32.1. The minimum Gasteiger partial charge on any atom is -0.391 e. The summed E-state index contributed by atoms with van der Waals surface area (Å²) in [6.45, 7) is 4.34. The fraction of sp³-hybridized carbons (Fsp3) is 0.800. The number of carbonyl (C=O) groups excluding carboxylic acids is 1. The molecule has 0 aromatic rings. The minimum atomic E-state index is -0.305. The number of nitrogens with two attached hydrogens (primary N) is 1. The third kappa shape index (κ3) is 3.94. The van der Waals surface area contributed by atoms with Crippen LogP contribution in [0.2, 0.25) is 0 Å². The first-order valence-electron chi connectivity index (χ1n) is 5.58. The van der Waals surface area contributed by atoms with Gasteiger partial charge in [-0.1, -0.05) is 25.6 Å². The molecular formula is C10H19N3O2S. The largest absolute Gasteiger partial charge is 0.391 e. The van der Waals surface area contributed by atoms with Gasteiger partial charge in [-0.05, 0) is 6.42 Å². The Hall–Kier alpha value is -0.880. The van der Waals surface area contributed by atoms with Crippen molar-refractivity contribution in [2.45, 2.75) is 25.9 Å². The molecule has 3 N–H and O–H groups in total. The third-order valence-corrected chi connectivity index (χ3v) is 2.74. The lowest BCUT2D eigenvalue weighted by atomic mass is 10.3. The number of ether oxygens (including phenoxy) is 1. The Balaban J connectivity index is 2.35. The molecule has 5 nitrogen and oxygen atoms in total. The van der Waals surface area contributed by atoms with E-state index in [4.69, 9.17) is 22.7 Å². The van der Waals surface area contributed by atoms with Crippen molar-refractivity contribution in [2.24, 2.45) is 5.73 Å². The second-order valence-corrected chi connectivity index (χ2v) is 4.26. The predicted octanol–water partition coefficient (Wildman–Crippen LogP) is 0.483. The molecule has 0 radical (unpaired) electrons. The molecule has 0 aliphatic carbocycles. The van der Waals surface area contributed by atoms with Crippen molar-refractivity contribution in [3.8, 4) is 0 Å². The molecule has 92 valence electrons. The van der Waals surface area contributed by atoms with Crippen LogP contribution >= 0.6 is 12.2 Å². The summed E-state index contributed by atoms with van der Waals surface area (Å²) in [5.74, 6) is 0. The van der Waals surface area contributed by atoms with Crippen molar-refractivity contribution in [1.29, 1.82) is 0 Å². The molecule has 1 atom stereocenters. The average Bonchev–Trinajstić information content (AvgIpc) is 2.29. The highest BCUT2D eigenvalue weighted by molar-refractivity contribution is 7.80. The number of thiocarbonyl (C=S) groups is 1. The molecule has 2 amide bonds. The number of hydrogen-bond donors (Lipinski definition) is 2. The summed E-state index contributed by atoms with van der Waals surface area (Å²) in [4.78, 5) is 13.7. The first-order valence-corrected chi connectivity index (χ1v) is 5.99. The normalized spacial score (nSPS) is 20.6. The number of morpholine rings is 1. The number of unbranched alkanes of at least 4 members (excludes halogenated alkanes) is 1. The van der Waals surface area contributed by atoms with Gasteiger partial charge in [0.25, 0.3) is 0 Å². The highest BCUT2D eigenvalue weighted by Gasteiger charge is 2.25. The molecule has 1 unspecified atom stereocenters. The van der Waals surface area contributed by atoms with Crippen molar-refractivity contribution in [3.63, 3.8) is 0 Å². The van der Waals surface area contributed by atoms with Crippen molar-refractivity contribution < 1.29 is 9.53 Å². The Morgan fingerprint density at radius 3 is 3.06 bits per heavy atom. The van der Waals surface area contributed by atoms with Crippen molar-refractivity contribution in [1.82, 2.24) is 10.2 Å². The predicted molar refractivity (Wildman–Crippen MR) is 66.4 cm³/mol. The molecule has 16 heavy (non-hydrogen) atoms. The summed E-state index contributed by atoms with van der Waals surface area (Å²) in [5, 5.41) is 2.86. The number of hydrogen-bond acceptors (Lipinski definition) is 3. The Bertz CT molecular complexity index is 260. The number of nitrogens with zero attached hydrogens (tertiary/aromatic N) is 1. The quantitative estimate of drug-likeness (QED) is 0.558. The fourth-order valence-electron chi connectivity index (χ4n) is 1.49. The minimum absolute atomic E-state index is 0.0574. The van der Waals surface area contributed by atoms with Crippen LogP contribution in [0, 0.1) is 0 Å². The van der Waals surface area contributed by atoms with Gasteiger partial charge in [0.05, 0.1) is 13.2 Å². The van der Waals surface area contributed by atoms with E-state index < -0.39 is 0 Å². The molecule has 0 aromatic carbocycles. The van der Waals surface area contributed by atoms with Gasteiger partial charge in [0, 0.05) is 13.1 Å². The van der Waals surface area contributed by atoms with Gasteiger partial charge in [-0.15, -0.1) is 0 Å². The summed E-state index contributed by atoms with van der Waals surface area (Å²) in [6.07, 6.45) is 1.76. The van der Waals surface area contributed by atoms with Gasteiger partial charge in [-0.25, -0.2) is 4.79 Å². The van der Waals surface area contributed by atoms with E-state index in [-0.39, 0.29) is 12.1 Å². The maximum atomic E-state index is 11.7. The Kier molecular flexibility index (Phi) is 5.48. The lowest BCUT2D eigenvalue weighted by Gasteiger charge is -2.32. The lowest BCUT2D eigenvalue weighted by Crippen LogP contribution is -2.52. The van der Waals surface area contributed by atoms with Crippen LogP contribution in [-0.4, -0.2) is 48.3 Å². The first kappa shape index (κ1) is 13.2. The van der Waals surface area contributed by atoms with E-state index in [1.54, 1.807) is 4.90 Å². The van der Waals surface area contributed by atoms with Crippen LogP contribution in [0.4, 0.5) is 4.79 Å². The number of nitrogens with one attached hydrogen (secondary N) is 1. The van der Waals surface area contributed by atoms with Crippen LogP contribution in [0.15, 0.2) is 0 Å². The molecular weight excluding hydrogens is 226 g/mol. The Morgan fingerprint density at radius 2 is 2.44 bits per heavy atom. The van der Waals surface area contributed by atoms with E-state index in [1.165, 1.54) is 0 Å². The van der Waals surface area contributed by atoms with E-state index in [2.05, 4.69) is 12.2 Å². The second kappa shape index (κ2) is 6.65. The van der Waals surface area contributed by atoms with Gasteiger partial charge in [0.1, 0.15) is 11.1 Å². The molecule has 0 spiro atoms. The lowest BCUT2D eigenvalue weighted by molar-refractivity contribution is 0.0225. The molecule has 0 aromatic heterocycles. The molecule has 1 aliphatic heterocycles. The van der Waals surface area contributed by atoms with Crippen LogP contribution < -0.4 is 11.1 Å². The average molecular weight is 245 g/mol. The number of carbonyl (C=O) groups is 1.